The molecule has 1 amide bonds. The molecule has 25 heavy (non-hydrogen) atoms. The molecule has 0 bridgehead atoms. The molecule has 0 radical (unpaired) electrons. The standard InChI is InChI=1S/C16H11F3IN3OS/c1-7-6-10(16(17,18)19)23-15-11(7)12(21)13(25-15)14(24)22-9-5-3-2-4-8(9)20/h2-6H,21H2,1H3,(H,22,24). The lowest BCUT2D eigenvalue weighted by Gasteiger charge is -2.07. The Morgan fingerprint density at radius 3 is 2.64 bits per heavy atom. The second-order valence-electron chi connectivity index (χ2n) is 5.28. The predicted octanol–water partition coefficient (Wildman–Crippen LogP) is 5.06. The summed E-state index contributed by atoms with van der Waals surface area (Å²) in [6, 6.07) is 8.10. The normalized spacial score (nSPS) is 11.7. The van der Waals surface area contributed by atoms with Gasteiger partial charge in [-0.05, 0) is 53.3 Å². The quantitative estimate of drug-likeness (QED) is 0.507. The Morgan fingerprint density at radius 2 is 2.00 bits per heavy atom. The van der Waals surface area contributed by atoms with Crippen molar-refractivity contribution in [3.8, 4) is 0 Å². The molecule has 0 fully saturated rings. The Morgan fingerprint density at radius 1 is 1.32 bits per heavy atom. The van der Waals surface area contributed by atoms with Crippen molar-refractivity contribution in [2.45, 2.75) is 13.1 Å². The molecule has 0 aliphatic heterocycles. The first kappa shape index (κ1) is 17.9. The van der Waals surface area contributed by atoms with Gasteiger partial charge in [-0.1, -0.05) is 12.1 Å². The van der Waals surface area contributed by atoms with Gasteiger partial charge in [-0.15, -0.1) is 11.3 Å². The van der Waals surface area contributed by atoms with Crippen LogP contribution in [0, 0.1) is 10.5 Å². The molecule has 0 spiro atoms. The highest BCUT2D eigenvalue weighted by Gasteiger charge is 2.34. The lowest BCUT2D eigenvalue weighted by Crippen LogP contribution is -2.12. The van der Waals surface area contributed by atoms with E-state index in [0.29, 0.717) is 16.6 Å². The summed E-state index contributed by atoms with van der Waals surface area (Å²) in [7, 11) is 0. The Kier molecular flexibility index (Phi) is 4.62. The van der Waals surface area contributed by atoms with E-state index in [0.717, 1.165) is 21.0 Å². The van der Waals surface area contributed by atoms with E-state index in [-0.39, 0.29) is 15.4 Å². The summed E-state index contributed by atoms with van der Waals surface area (Å²) in [5, 5.41) is 3.11. The van der Waals surface area contributed by atoms with Crippen LogP contribution in [0.4, 0.5) is 24.5 Å². The number of alkyl halides is 3. The third-order valence-electron chi connectivity index (χ3n) is 3.51. The maximum Gasteiger partial charge on any atom is 0.433 e. The van der Waals surface area contributed by atoms with Crippen LogP contribution in [0.5, 0.6) is 0 Å². The molecule has 3 N–H and O–H groups in total. The summed E-state index contributed by atoms with van der Waals surface area (Å²) in [5.41, 5.74) is 6.10. The molecular formula is C16H11F3IN3OS. The van der Waals surface area contributed by atoms with Gasteiger partial charge in [0.1, 0.15) is 15.4 Å². The molecule has 1 aromatic carbocycles. The van der Waals surface area contributed by atoms with E-state index < -0.39 is 17.8 Å². The predicted molar refractivity (Wildman–Crippen MR) is 101 cm³/mol. The molecule has 0 saturated carbocycles. The van der Waals surface area contributed by atoms with E-state index in [1.807, 2.05) is 12.1 Å². The fourth-order valence-electron chi connectivity index (χ4n) is 2.37. The van der Waals surface area contributed by atoms with Crippen molar-refractivity contribution in [2.24, 2.45) is 0 Å². The zero-order chi connectivity index (χ0) is 18.4. The average molecular weight is 477 g/mol. The number of benzene rings is 1. The highest BCUT2D eigenvalue weighted by Crippen LogP contribution is 2.38. The number of anilines is 2. The number of fused-ring (bicyclic) bond motifs is 1. The van der Waals surface area contributed by atoms with Crippen LogP contribution >= 0.6 is 33.9 Å². The summed E-state index contributed by atoms with van der Waals surface area (Å²) in [5.74, 6) is -0.474. The topological polar surface area (TPSA) is 68.0 Å². The molecule has 3 aromatic rings. The van der Waals surface area contributed by atoms with Crippen LogP contribution in [-0.2, 0) is 6.18 Å². The number of aryl methyl sites for hydroxylation is 1. The van der Waals surface area contributed by atoms with Crippen molar-refractivity contribution in [2.75, 3.05) is 11.1 Å². The first-order valence-corrected chi connectivity index (χ1v) is 8.90. The summed E-state index contributed by atoms with van der Waals surface area (Å²) in [4.78, 5) is 16.4. The van der Waals surface area contributed by atoms with Crippen molar-refractivity contribution >= 4 is 61.4 Å². The van der Waals surface area contributed by atoms with Crippen LogP contribution in [0.25, 0.3) is 10.2 Å². The molecule has 0 aliphatic rings. The number of halogens is 4. The van der Waals surface area contributed by atoms with E-state index >= 15 is 0 Å². The Hall–Kier alpha value is -1.88. The molecule has 2 heterocycles. The van der Waals surface area contributed by atoms with Crippen LogP contribution in [0.3, 0.4) is 0 Å². The van der Waals surface area contributed by atoms with E-state index in [1.54, 1.807) is 12.1 Å². The lowest BCUT2D eigenvalue weighted by molar-refractivity contribution is -0.141. The van der Waals surface area contributed by atoms with Crippen LogP contribution in [0.2, 0.25) is 0 Å². The number of carbonyl (C=O) groups is 1. The third-order valence-corrected chi connectivity index (χ3v) is 5.55. The van der Waals surface area contributed by atoms with Crippen molar-refractivity contribution in [1.29, 1.82) is 0 Å². The zero-order valence-electron chi connectivity index (χ0n) is 12.7. The van der Waals surface area contributed by atoms with Gasteiger partial charge in [0.25, 0.3) is 5.91 Å². The monoisotopic (exact) mass is 477 g/mol. The van der Waals surface area contributed by atoms with E-state index in [2.05, 4.69) is 32.9 Å². The van der Waals surface area contributed by atoms with Crippen LogP contribution in [0.15, 0.2) is 30.3 Å². The third kappa shape index (κ3) is 3.43. The number of nitrogens with one attached hydrogen (secondary N) is 1. The number of hydrogen-bond acceptors (Lipinski definition) is 4. The van der Waals surface area contributed by atoms with Crippen molar-refractivity contribution in [3.63, 3.8) is 0 Å². The maximum absolute atomic E-state index is 12.9. The molecule has 2 aromatic heterocycles. The van der Waals surface area contributed by atoms with Gasteiger partial charge in [0.2, 0.25) is 0 Å². The smallest absolute Gasteiger partial charge is 0.397 e. The maximum atomic E-state index is 12.9. The minimum atomic E-state index is -4.56. The number of aromatic nitrogens is 1. The summed E-state index contributed by atoms with van der Waals surface area (Å²) < 4.78 is 39.6. The Balaban J connectivity index is 2.05. The molecule has 4 nitrogen and oxygen atoms in total. The molecule has 9 heteroatoms. The molecule has 3 rings (SSSR count). The van der Waals surface area contributed by atoms with Crippen LogP contribution < -0.4 is 11.1 Å². The van der Waals surface area contributed by atoms with Crippen molar-refractivity contribution < 1.29 is 18.0 Å². The summed E-state index contributed by atoms with van der Waals surface area (Å²) in [6.07, 6.45) is -4.56. The second-order valence-corrected chi connectivity index (χ2v) is 7.44. The molecule has 0 atom stereocenters. The van der Waals surface area contributed by atoms with Gasteiger partial charge in [0.05, 0.1) is 11.4 Å². The number of para-hydroxylation sites is 1. The highest BCUT2D eigenvalue weighted by atomic mass is 127. The van der Waals surface area contributed by atoms with E-state index in [9.17, 15) is 18.0 Å². The molecule has 130 valence electrons. The molecule has 0 unspecified atom stereocenters. The number of rotatable bonds is 2. The Bertz CT molecular complexity index is 985. The first-order chi connectivity index (χ1) is 11.7. The number of thiophene rings is 1. The van der Waals surface area contributed by atoms with Gasteiger partial charge in [-0.3, -0.25) is 4.79 Å². The average Bonchev–Trinajstić information content (AvgIpc) is 2.86. The number of amides is 1. The van der Waals surface area contributed by atoms with Gasteiger partial charge >= 0.3 is 6.18 Å². The fraction of sp³-hybridized carbons (Fsp3) is 0.125. The van der Waals surface area contributed by atoms with Gasteiger partial charge < -0.3 is 11.1 Å². The van der Waals surface area contributed by atoms with Gasteiger partial charge in [-0.25, -0.2) is 4.98 Å². The van der Waals surface area contributed by atoms with E-state index in [1.165, 1.54) is 6.92 Å². The number of hydrogen-bond donors (Lipinski definition) is 2. The van der Waals surface area contributed by atoms with Gasteiger partial charge in [0, 0.05) is 8.96 Å². The summed E-state index contributed by atoms with van der Waals surface area (Å²) in [6.45, 7) is 1.52. The SMILES string of the molecule is Cc1cc(C(F)(F)F)nc2sc(C(=O)Nc3ccccc3I)c(N)c12. The van der Waals surface area contributed by atoms with Gasteiger partial charge in [0.15, 0.2) is 0 Å². The lowest BCUT2D eigenvalue weighted by atomic mass is 10.1. The Labute approximate surface area is 158 Å². The first-order valence-electron chi connectivity index (χ1n) is 7.01. The van der Waals surface area contributed by atoms with Crippen LogP contribution in [0.1, 0.15) is 20.9 Å². The van der Waals surface area contributed by atoms with Crippen molar-refractivity contribution in [1.82, 2.24) is 4.98 Å². The molecule has 0 aliphatic carbocycles. The minimum absolute atomic E-state index is 0.0951. The number of nitrogen functional groups attached to an aromatic ring is 1. The summed E-state index contributed by atoms with van der Waals surface area (Å²) >= 11 is 2.93. The number of nitrogens with two attached hydrogens (primary N) is 1. The van der Waals surface area contributed by atoms with Crippen LogP contribution in [-0.4, -0.2) is 10.9 Å². The molecular weight excluding hydrogens is 466 g/mol. The van der Waals surface area contributed by atoms with Crippen molar-refractivity contribution in [3.05, 3.63) is 50.0 Å². The fourth-order valence-corrected chi connectivity index (χ4v) is 3.95. The van der Waals surface area contributed by atoms with Gasteiger partial charge in [-0.2, -0.15) is 13.2 Å². The number of pyridine rings is 1. The molecule has 0 saturated heterocycles. The number of carbonyl (C=O) groups excluding carboxylic acids is 1. The largest absolute Gasteiger partial charge is 0.433 e. The zero-order valence-corrected chi connectivity index (χ0v) is 15.7. The highest BCUT2D eigenvalue weighted by molar-refractivity contribution is 14.1. The minimum Gasteiger partial charge on any atom is -0.397 e. The second kappa shape index (κ2) is 6.45. The number of nitrogens with zero attached hydrogens (tertiary/aromatic N) is 1. The van der Waals surface area contributed by atoms with E-state index in [4.69, 9.17) is 5.73 Å².